The molecular weight excluding hydrogens is 342 g/mol. The van der Waals surface area contributed by atoms with Crippen molar-refractivity contribution in [3.05, 3.63) is 70.6 Å². The van der Waals surface area contributed by atoms with Crippen LogP contribution in [0.1, 0.15) is 57.1 Å². The second kappa shape index (κ2) is 5.87. The maximum Gasteiger partial charge on any atom is 0.262 e. The average molecular weight is 359 g/mol. The standard InChI is InChI=1S/C21H17N3O3/c1-2-18-22-19(23-27-18)13-7-9-14-12(11-13)8-10-17(14)24-20(25)15-5-3-4-6-16(15)21(24)26/h3-7,9,11,17H,2,8,10H2,1H3/t17-/m1/s1. The largest absolute Gasteiger partial charge is 0.339 e. The number of amides is 2. The van der Waals surface area contributed by atoms with E-state index < -0.39 is 0 Å². The number of hydrogen-bond donors (Lipinski definition) is 0. The lowest BCUT2D eigenvalue weighted by Gasteiger charge is -2.23. The van der Waals surface area contributed by atoms with Crippen LogP contribution in [0.15, 0.2) is 47.0 Å². The Hall–Kier alpha value is -3.28. The molecule has 1 aromatic heterocycles. The summed E-state index contributed by atoms with van der Waals surface area (Å²) in [5, 5.41) is 4.03. The first-order valence-corrected chi connectivity index (χ1v) is 9.10. The quantitative estimate of drug-likeness (QED) is 0.668. The van der Waals surface area contributed by atoms with Crippen molar-refractivity contribution in [1.82, 2.24) is 15.0 Å². The van der Waals surface area contributed by atoms with Crippen LogP contribution < -0.4 is 0 Å². The van der Waals surface area contributed by atoms with Gasteiger partial charge in [-0.25, -0.2) is 0 Å². The Morgan fingerprint density at radius 3 is 2.52 bits per heavy atom. The van der Waals surface area contributed by atoms with Crippen LogP contribution in [-0.4, -0.2) is 26.9 Å². The maximum absolute atomic E-state index is 12.8. The number of carbonyl (C=O) groups excluding carboxylic acids is 2. The molecule has 0 fully saturated rings. The molecule has 0 N–H and O–H groups in total. The first kappa shape index (κ1) is 15.9. The number of fused-ring (bicyclic) bond motifs is 2. The zero-order valence-electron chi connectivity index (χ0n) is 14.8. The third kappa shape index (κ3) is 2.33. The van der Waals surface area contributed by atoms with Crippen molar-refractivity contribution >= 4 is 11.8 Å². The van der Waals surface area contributed by atoms with Crippen LogP contribution in [0, 0.1) is 0 Å². The van der Waals surface area contributed by atoms with Gasteiger partial charge in [0.25, 0.3) is 11.8 Å². The second-order valence-electron chi connectivity index (χ2n) is 6.86. The number of aromatic nitrogens is 2. The monoisotopic (exact) mass is 359 g/mol. The van der Waals surface area contributed by atoms with Gasteiger partial charge in [0, 0.05) is 12.0 Å². The lowest BCUT2D eigenvalue weighted by atomic mass is 10.0. The number of rotatable bonds is 3. The zero-order chi connectivity index (χ0) is 18.5. The molecule has 0 saturated heterocycles. The normalized spacial score (nSPS) is 18.1. The van der Waals surface area contributed by atoms with Crippen LogP contribution in [0.4, 0.5) is 0 Å². The van der Waals surface area contributed by atoms with E-state index in [-0.39, 0.29) is 17.9 Å². The van der Waals surface area contributed by atoms with Gasteiger partial charge < -0.3 is 4.52 Å². The third-order valence-electron chi connectivity index (χ3n) is 5.35. The average Bonchev–Trinajstić information content (AvgIpc) is 3.39. The molecule has 27 heavy (non-hydrogen) atoms. The Kier molecular flexibility index (Phi) is 3.47. The van der Waals surface area contributed by atoms with Crippen molar-refractivity contribution in [2.24, 2.45) is 0 Å². The fraction of sp³-hybridized carbons (Fsp3) is 0.238. The van der Waals surface area contributed by atoms with E-state index in [9.17, 15) is 9.59 Å². The van der Waals surface area contributed by atoms with Crippen LogP contribution >= 0.6 is 0 Å². The molecule has 134 valence electrons. The van der Waals surface area contributed by atoms with E-state index in [0.29, 0.717) is 29.3 Å². The molecule has 0 radical (unpaired) electrons. The summed E-state index contributed by atoms with van der Waals surface area (Å²) in [6.07, 6.45) is 2.23. The Morgan fingerprint density at radius 1 is 1.11 bits per heavy atom. The lowest BCUT2D eigenvalue weighted by Crippen LogP contribution is -2.33. The van der Waals surface area contributed by atoms with E-state index in [0.717, 1.165) is 29.5 Å². The maximum atomic E-state index is 12.8. The molecule has 1 aliphatic carbocycles. The SMILES string of the molecule is CCc1nc(-c2ccc3c(c2)CC[C@H]3N2C(=O)c3ccccc3C2=O)no1. The highest BCUT2D eigenvalue weighted by molar-refractivity contribution is 6.21. The van der Waals surface area contributed by atoms with Crippen LogP contribution in [0.5, 0.6) is 0 Å². The second-order valence-corrected chi connectivity index (χ2v) is 6.86. The Morgan fingerprint density at radius 2 is 1.85 bits per heavy atom. The zero-order valence-corrected chi connectivity index (χ0v) is 14.8. The molecule has 2 heterocycles. The number of nitrogens with zero attached hydrogens (tertiary/aromatic N) is 3. The van der Waals surface area contributed by atoms with E-state index in [2.05, 4.69) is 10.1 Å². The van der Waals surface area contributed by atoms with Gasteiger partial charge in [-0.3, -0.25) is 14.5 Å². The highest BCUT2D eigenvalue weighted by Gasteiger charge is 2.42. The molecule has 2 aliphatic rings. The number of carbonyl (C=O) groups is 2. The van der Waals surface area contributed by atoms with Gasteiger partial charge in [-0.2, -0.15) is 4.98 Å². The van der Waals surface area contributed by atoms with Crippen LogP contribution in [-0.2, 0) is 12.8 Å². The summed E-state index contributed by atoms with van der Waals surface area (Å²) in [5.74, 6) is 0.764. The molecule has 0 unspecified atom stereocenters. The number of aryl methyl sites for hydroxylation is 2. The van der Waals surface area contributed by atoms with Gasteiger partial charge in [0.15, 0.2) is 0 Å². The van der Waals surface area contributed by atoms with E-state index in [4.69, 9.17) is 4.52 Å². The summed E-state index contributed by atoms with van der Waals surface area (Å²) in [5.41, 5.74) is 4.02. The minimum absolute atomic E-state index is 0.205. The molecule has 6 nitrogen and oxygen atoms in total. The Balaban J connectivity index is 1.49. The number of imide groups is 1. The molecule has 0 spiro atoms. The molecular formula is C21H17N3O3. The van der Waals surface area contributed by atoms with Crippen molar-refractivity contribution < 1.29 is 14.1 Å². The van der Waals surface area contributed by atoms with Crippen molar-refractivity contribution in [3.8, 4) is 11.4 Å². The Bertz CT molecular complexity index is 1050. The van der Waals surface area contributed by atoms with Gasteiger partial charge in [-0.05, 0) is 42.2 Å². The summed E-state index contributed by atoms with van der Waals surface area (Å²) in [6.45, 7) is 1.96. The van der Waals surface area contributed by atoms with Crippen molar-refractivity contribution in [3.63, 3.8) is 0 Å². The first-order chi connectivity index (χ1) is 13.2. The summed E-state index contributed by atoms with van der Waals surface area (Å²) >= 11 is 0. The molecule has 1 atom stereocenters. The highest BCUT2D eigenvalue weighted by atomic mass is 16.5. The lowest BCUT2D eigenvalue weighted by molar-refractivity contribution is 0.0582. The van der Waals surface area contributed by atoms with Crippen LogP contribution in [0.2, 0.25) is 0 Å². The summed E-state index contributed by atoms with van der Waals surface area (Å²) < 4.78 is 5.20. The van der Waals surface area contributed by atoms with Gasteiger partial charge in [-0.15, -0.1) is 0 Å². The van der Waals surface area contributed by atoms with Crippen molar-refractivity contribution in [2.45, 2.75) is 32.2 Å². The number of benzene rings is 2. The van der Waals surface area contributed by atoms with E-state index in [1.165, 1.54) is 4.90 Å². The summed E-state index contributed by atoms with van der Waals surface area (Å²) in [7, 11) is 0. The smallest absolute Gasteiger partial charge is 0.262 e. The minimum atomic E-state index is -0.224. The van der Waals surface area contributed by atoms with Gasteiger partial charge in [0.05, 0.1) is 17.2 Å². The van der Waals surface area contributed by atoms with Gasteiger partial charge >= 0.3 is 0 Å². The van der Waals surface area contributed by atoms with Crippen LogP contribution in [0.25, 0.3) is 11.4 Å². The van der Waals surface area contributed by atoms with Crippen molar-refractivity contribution in [1.29, 1.82) is 0 Å². The highest BCUT2D eigenvalue weighted by Crippen LogP contribution is 2.41. The van der Waals surface area contributed by atoms with Gasteiger partial charge in [0.2, 0.25) is 11.7 Å². The molecule has 2 aromatic carbocycles. The molecule has 5 rings (SSSR count). The predicted molar refractivity (Wildman–Crippen MR) is 97.1 cm³/mol. The van der Waals surface area contributed by atoms with Crippen LogP contribution in [0.3, 0.4) is 0 Å². The third-order valence-corrected chi connectivity index (χ3v) is 5.35. The molecule has 0 saturated carbocycles. The van der Waals surface area contributed by atoms with Crippen molar-refractivity contribution in [2.75, 3.05) is 0 Å². The minimum Gasteiger partial charge on any atom is -0.339 e. The topological polar surface area (TPSA) is 76.3 Å². The molecule has 3 aromatic rings. The molecule has 1 aliphatic heterocycles. The molecule has 2 amide bonds. The van der Waals surface area contributed by atoms with Gasteiger partial charge in [-0.1, -0.05) is 36.3 Å². The number of hydrogen-bond acceptors (Lipinski definition) is 5. The Labute approximate surface area is 155 Å². The summed E-state index contributed by atoms with van der Waals surface area (Å²) in [4.78, 5) is 31.4. The van der Waals surface area contributed by atoms with Gasteiger partial charge in [0.1, 0.15) is 0 Å². The summed E-state index contributed by atoms with van der Waals surface area (Å²) in [6, 6.07) is 12.7. The fourth-order valence-electron chi connectivity index (χ4n) is 4.01. The molecule has 6 heteroatoms. The molecule has 0 bridgehead atoms. The van der Waals surface area contributed by atoms with E-state index >= 15 is 0 Å². The fourth-order valence-corrected chi connectivity index (χ4v) is 4.01. The van der Waals surface area contributed by atoms with E-state index in [1.54, 1.807) is 24.3 Å². The first-order valence-electron chi connectivity index (χ1n) is 9.10. The predicted octanol–water partition coefficient (Wildman–Crippen LogP) is 3.58. The van der Waals surface area contributed by atoms with E-state index in [1.807, 2.05) is 25.1 Å².